The lowest BCUT2D eigenvalue weighted by molar-refractivity contribution is 0.176. The van der Waals surface area contributed by atoms with Crippen LogP contribution in [0.3, 0.4) is 0 Å². The predicted octanol–water partition coefficient (Wildman–Crippen LogP) is 1.03. The molecule has 0 aromatic rings. The Hall–Kier alpha value is -0.640. The number of piperidine rings is 1. The molecule has 0 saturated carbocycles. The van der Waals surface area contributed by atoms with Crippen LogP contribution in [0.4, 0.5) is 0 Å². The van der Waals surface area contributed by atoms with Gasteiger partial charge in [0.05, 0.1) is 6.07 Å². The molecule has 0 N–H and O–H groups in total. The molecule has 6 heteroatoms. The lowest BCUT2D eigenvalue weighted by Gasteiger charge is -2.36. The van der Waals surface area contributed by atoms with Gasteiger partial charge in [-0.25, -0.2) is 12.7 Å². The van der Waals surface area contributed by atoms with Crippen LogP contribution in [0.25, 0.3) is 0 Å². The van der Waals surface area contributed by atoms with Crippen molar-refractivity contribution in [1.29, 1.82) is 5.26 Å². The monoisotopic (exact) mass is 273 g/mol. The van der Waals surface area contributed by atoms with Crippen molar-refractivity contribution in [2.24, 2.45) is 0 Å². The van der Waals surface area contributed by atoms with E-state index in [1.165, 1.54) is 4.31 Å². The maximum absolute atomic E-state index is 12.2. The van der Waals surface area contributed by atoms with Crippen LogP contribution in [0.5, 0.6) is 0 Å². The van der Waals surface area contributed by atoms with Crippen LogP contribution >= 0.6 is 0 Å². The van der Waals surface area contributed by atoms with Crippen LogP contribution in [0.15, 0.2) is 0 Å². The van der Waals surface area contributed by atoms with Gasteiger partial charge in [-0.15, -0.1) is 0 Å². The zero-order valence-electron chi connectivity index (χ0n) is 11.5. The van der Waals surface area contributed by atoms with E-state index in [4.69, 9.17) is 5.26 Å². The smallest absolute Gasteiger partial charge is 0.230 e. The van der Waals surface area contributed by atoms with E-state index in [9.17, 15) is 8.42 Å². The molecule has 0 aromatic heterocycles. The number of likely N-dealkylation sites (tertiary alicyclic amines) is 1. The molecule has 1 unspecified atom stereocenters. The summed E-state index contributed by atoms with van der Waals surface area (Å²) < 4.78 is 25.9. The maximum atomic E-state index is 12.2. The molecule has 0 bridgehead atoms. The van der Waals surface area contributed by atoms with E-state index in [-0.39, 0.29) is 6.04 Å². The first kappa shape index (κ1) is 15.4. The Balaban J connectivity index is 2.71. The van der Waals surface area contributed by atoms with E-state index in [2.05, 4.69) is 11.8 Å². The van der Waals surface area contributed by atoms with Gasteiger partial charge >= 0.3 is 0 Å². The summed E-state index contributed by atoms with van der Waals surface area (Å²) in [4.78, 5) is 2.32. The number of nitrogens with zero attached hydrogens (tertiary/aromatic N) is 3. The zero-order valence-corrected chi connectivity index (χ0v) is 12.3. The molecule has 1 heterocycles. The van der Waals surface area contributed by atoms with E-state index in [0.29, 0.717) is 6.42 Å². The molecule has 1 rings (SSSR count). The minimum absolute atomic E-state index is 0.0419. The third-order valence-electron chi connectivity index (χ3n) is 3.79. The Kier molecular flexibility index (Phi) is 5.57. The second-order valence-electron chi connectivity index (χ2n) is 4.75. The van der Waals surface area contributed by atoms with Crippen molar-refractivity contribution in [3.05, 3.63) is 0 Å². The van der Waals surface area contributed by atoms with Gasteiger partial charge in [0, 0.05) is 13.1 Å². The van der Waals surface area contributed by atoms with Crippen molar-refractivity contribution >= 4 is 10.0 Å². The molecule has 1 atom stereocenters. The average Bonchev–Trinajstić information content (AvgIpc) is 2.39. The number of rotatable bonds is 5. The summed E-state index contributed by atoms with van der Waals surface area (Å²) in [5, 5.41) is 8.01. The largest absolute Gasteiger partial charge is 0.303 e. The fraction of sp³-hybridized carbons (Fsp3) is 0.917. The van der Waals surface area contributed by atoms with E-state index in [1.54, 1.807) is 14.0 Å². The first-order valence-corrected chi connectivity index (χ1v) is 8.06. The Morgan fingerprint density at radius 3 is 2.33 bits per heavy atom. The van der Waals surface area contributed by atoms with Crippen molar-refractivity contribution in [2.75, 3.05) is 26.7 Å². The summed E-state index contributed by atoms with van der Waals surface area (Å²) in [6, 6.07) is 1.93. The number of nitriles is 1. The van der Waals surface area contributed by atoms with Crippen molar-refractivity contribution in [1.82, 2.24) is 9.21 Å². The van der Waals surface area contributed by atoms with E-state index >= 15 is 0 Å². The normalized spacial score (nSPS) is 20.8. The topological polar surface area (TPSA) is 64.4 Å². The van der Waals surface area contributed by atoms with Crippen LogP contribution in [0.1, 0.15) is 33.1 Å². The fourth-order valence-electron chi connectivity index (χ4n) is 2.38. The SMILES string of the molecule is CCC(C#N)S(=O)(=O)N(C)C1CCN(CC)CC1. The summed E-state index contributed by atoms with van der Waals surface area (Å²) in [6.07, 6.45) is 2.05. The Morgan fingerprint density at radius 2 is 1.94 bits per heavy atom. The van der Waals surface area contributed by atoms with Gasteiger partial charge in [-0.05, 0) is 38.9 Å². The molecule has 104 valence electrons. The summed E-state index contributed by atoms with van der Waals surface area (Å²) in [6.45, 7) is 6.73. The molecule has 1 saturated heterocycles. The second-order valence-corrected chi connectivity index (χ2v) is 6.93. The summed E-state index contributed by atoms with van der Waals surface area (Å²) in [7, 11) is -1.86. The average molecular weight is 273 g/mol. The molecule has 0 aliphatic carbocycles. The Labute approximate surface area is 110 Å². The fourth-order valence-corrected chi connectivity index (χ4v) is 3.96. The molecule has 0 spiro atoms. The number of hydrogen-bond acceptors (Lipinski definition) is 4. The van der Waals surface area contributed by atoms with Gasteiger partial charge in [0.2, 0.25) is 10.0 Å². The van der Waals surface area contributed by atoms with Gasteiger partial charge in [-0.3, -0.25) is 0 Å². The minimum Gasteiger partial charge on any atom is -0.303 e. The highest BCUT2D eigenvalue weighted by Gasteiger charge is 2.34. The van der Waals surface area contributed by atoms with Crippen LogP contribution in [0.2, 0.25) is 0 Å². The van der Waals surface area contributed by atoms with Gasteiger partial charge in [-0.2, -0.15) is 5.26 Å². The number of sulfonamides is 1. The molecular formula is C12H23N3O2S. The van der Waals surface area contributed by atoms with E-state index in [0.717, 1.165) is 32.5 Å². The summed E-state index contributed by atoms with van der Waals surface area (Å²) in [5.41, 5.74) is 0. The third kappa shape index (κ3) is 3.22. The van der Waals surface area contributed by atoms with Gasteiger partial charge in [0.25, 0.3) is 0 Å². The Bertz CT molecular complexity index is 394. The molecule has 0 amide bonds. The van der Waals surface area contributed by atoms with Gasteiger partial charge < -0.3 is 4.90 Å². The highest BCUT2D eigenvalue weighted by molar-refractivity contribution is 7.90. The summed E-state index contributed by atoms with van der Waals surface area (Å²) >= 11 is 0. The molecular weight excluding hydrogens is 250 g/mol. The highest BCUT2D eigenvalue weighted by Crippen LogP contribution is 2.21. The van der Waals surface area contributed by atoms with Crippen LogP contribution in [0, 0.1) is 11.3 Å². The molecule has 0 aromatic carbocycles. The van der Waals surface area contributed by atoms with Gasteiger partial charge in [-0.1, -0.05) is 13.8 Å². The standard InChI is InChI=1S/C12H23N3O2S/c1-4-12(10-13)18(16,17)14(3)11-6-8-15(5-2)9-7-11/h11-12H,4-9H2,1-3H3. The lowest BCUT2D eigenvalue weighted by Crippen LogP contribution is -2.47. The zero-order chi connectivity index (χ0) is 13.8. The highest BCUT2D eigenvalue weighted by atomic mass is 32.2. The lowest BCUT2D eigenvalue weighted by atomic mass is 10.1. The van der Waals surface area contributed by atoms with Crippen molar-refractivity contribution in [2.45, 2.75) is 44.4 Å². The van der Waals surface area contributed by atoms with E-state index in [1.807, 2.05) is 6.07 Å². The van der Waals surface area contributed by atoms with Crippen molar-refractivity contribution in [3.63, 3.8) is 0 Å². The molecule has 1 fully saturated rings. The van der Waals surface area contributed by atoms with Gasteiger partial charge in [0.15, 0.2) is 5.25 Å². The summed E-state index contributed by atoms with van der Waals surface area (Å²) in [5.74, 6) is 0. The third-order valence-corrected chi connectivity index (χ3v) is 6.05. The van der Waals surface area contributed by atoms with Crippen LogP contribution < -0.4 is 0 Å². The molecule has 5 nitrogen and oxygen atoms in total. The molecule has 1 aliphatic heterocycles. The first-order chi connectivity index (χ1) is 8.47. The number of hydrogen-bond donors (Lipinski definition) is 0. The van der Waals surface area contributed by atoms with Gasteiger partial charge in [0.1, 0.15) is 0 Å². The maximum Gasteiger partial charge on any atom is 0.230 e. The van der Waals surface area contributed by atoms with E-state index < -0.39 is 15.3 Å². The van der Waals surface area contributed by atoms with Crippen molar-refractivity contribution in [3.8, 4) is 6.07 Å². The Morgan fingerprint density at radius 1 is 1.39 bits per heavy atom. The van der Waals surface area contributed by atoms with Crippen LogP contribution in [-0.2, 0) is 10.0 Å². The molecule has 1 aliphatic rings. The first-order valence-electron chi connectivity index (χ1n) is 6.56. The quantitative estimate of drug-likeness (QED) is 0.750. The van der Waals surface area contributed by atoms with Crippen LogP contribution in [-0.4, -0.2) is 55.6 Å². The van der Waals surface area contributed by atoms with Crippen molar-refractivity contribution < 1.29 is 8.42 Å². The second kappa shape index (κ2) is 6.50. The predicted molar refractivity (Wildman–Crippen MR) is 71.5 cm³/mol. The minimum atomic E-state index is -3.47. The molecule has 18 heavy (non-hydrogen) atoms. The molecule has 0 radical (unpaired) electrons.